The molecule has 0 bridgehead atoms. The molecule has 1 atom stereocenters. The fourth-order valence-electron chi connectivity index (χ4n) is 3.59. The first-order valence-electron chi connectivity index (χ1n) is 9.97. The molecular formula is C24H24N2O3. The summed E-state index contributed by atoms with van der Waals surface area (Å²) in [6.07, 6.45) is 1.16. The Kier molecular flexibility index (Phi) is 5.47. The van der Waals surface area contributed by atoms with Crippen molar-refractivity contribution in [1.29, 1.82) is 0 Å². The summed E-state index contributed by atoms with van der Waals surface area (Å²) in [4.78, 5) is 26.9. The molecule has 1 N–H and O–H groups in total. The van der Waals surface area contributed by atoms with Gasteiger partial charge < -0.3 is 15.0 Å². The van der Waals surface area contributed by atoms with E-state index in [-0.39, 0.29) is 24.2 Å². The molecule has 0 unspecified atom stereocenters. The molecule has 3 aromatic carbocycles. The van der Waals surface area contributed by atoms with E-state index in [2.05, 4.69) is 12.2 Å². The van der Waals surface area contributed by atoms with E-state index in [1.807, 2.05) is 66.7 Å². The number of nitrogens with one attached hydrogen (secondary N) is 1. The average molecular weight is 388 g/mol. The molecule has 1 fully saturated rings. The zero-order valence-electron chi connectivity index (χ0n) is 16.4. The topological polar surface area (TPSA) is 58.6 Å². The van der Waals surface area contributed by atoms with Gasteiger partial charge in [-0.1, -0.05) is 37.3 Å². The number of fused-ring (bicyclic) bond motifs is 1. The smallest absolute Gasteiger partial charge is 0.229 e. The Labute approximate surface area is 170 Å². The predicted molar refractivity (Wildman–Crippen MR) is 115 cm³/mol. The molecule has 1 heterocycles. The highest BCUT2D eigenvalue weighted by Crippen LogP contribution is 2.28. The largest absolute Gasteiger partial charge is 0.494 e. The van der Waals surface area contributed by atoms with E-state index in [1.54, 1.807) is 4.90 Å². The maximum Gasteiger partial charge on any atom is 0.229 e. The maximum absolute atomic E-state index is 12.7. The third kappa shape index (κ3) is 4.24. The fraction of sp³-hybridized carbons (Fsp3) is 0.250. The number of nitrogens with zero attached hydrogens (tertiary/aromatic N) is 1. The maximum atomic E-state index is 12.7. The van der Waals surface area contributed by atoms with Gasteiger partial charge in [0.2, 0.25) is 11.8 Å². The number of carbonyl (C=O) groups is 2. The zero-order valence-corrected chi connectivity index (χ0v) is 16.4. The molecule has 0 saturated carbocycles. The van der Waals surface area contributed by atoms with Crippen LogP contribution in [0.15, 0.2) is 66.7 Å². The van der Waals surface area contributed by atoms with Crippen molar-refractivity contribution in [2.75, 3.05) is 23.4 Å². The third-order valence-electron chi connectivity index (χ3n) is 5.13. The van der Waals surface area contributed by atoms with E-state index < -0.39 is 0 Å². The van der Waals surface area contributed by atoms with Crippen LogP contribution in [-0.4, -0.2) is 25.0 Å². The van der Waals surface area contributed by atoms with Gasteiger partial charge in [-0.3, -0.25) is 9.59 Å². The van der Waals surface area contributed by atoms with Crippen molar-refractivity contribution >= 4 is 34.0 Å². The minimum atomic E-state index is -0.370. The average Bonchev–Trinajstić information content (AvgIpc) is 3.14. The molecule has 29 heavy (non-hydrogen) atoms. The van der Waals surface area contributed by atoms with Crippen molar-refractivity contribution < 1.29 is 14.3 Å². The molecule has 0 radical (unpaired) electrons. The molecule has 0 aliphatic carbocycles. The van der Waals surface area contributed by atoms with Gasteiger partial charge in [0, 0.05) is 24.3 Å². The van der Waals surface area contributed by atoms with E-state index in [0.717, 1.165) is 34.3 Å². The van der Waals surface area contributed by atoms with Crippen LogP contribution >= 0.6 is 0 Å². The number of carbonyl (C=O) groups excluding carboxylic acids is 2. The monoisotopic (exact) mass is 388 g/mol. The highest BCUT2D eigenvalue weighted by atomic mass is 16.5. The molecule has 1 aliphatic heterocycles. The second-order valence-corrected chi connectivity index (χ2v) is 7.30. The molecule has 4 rings (SSSR count). The first kappa shape index (κ1) is 19.0. The summed E-state index contributed by atoms with van der Waals surface area (Å²) in [6.45, 7) is 3.10. The molecule has 3 aromatic rings. The summed E-state index contributed by atoms with van der Waals surface area (Å²) >= 11 is 0. The van der Waals surface area contributed by atoms with E-state index >= 15 is 0 Å². The molecule has 1 saturated heterocycles. The molecule has 2 amide bonds. The summed E-state index contributed by atoms with van der Waals surface area (Å²) in [5.74, 6) is 0.253. The number of hydrogen-bond acceptors (Lipinski definition) is 3. The van der Waals surface area contributed by atoms with Crippen molar-refractivity contribution in [3.05, 3.63) is 66.7 Å². The van der Waals surface area contributed by atoms with Gasteiger partial charge in [-0.05, 0) is 53.6 Å². The highest BCUT2D eigenvalue weighted by molar-refractivity contribution is 6.04. The molecule has 0 spiro atoms. The lowest BCUT2D eigenvalue weighted by Crippen LogP contribution is -2.28. The van der Waals surface area contributed by atoms with E-state index in [9.17, 15) is 9.59 Å². The van der Waals surface area contributed by atoms with E-state index in [0.29, 0.717) is 13.2 Å². The van der Waals surface area contributed by atoms with Gasteiger partial charge in [-0.25, -0.2) is 0 Å². The summed E-state index contributed by atoms with van der Waals surface area (Å²) in [7, 11) is 0. The van der Waals surface area contributed by atoms with Crippen LogP contribution in [0.1, 0.15) is 19.8 Å². The molecule has 148 valence electrons. The molecule has 5 nitrogen and oxygen atoms in total. The Morgan fingerprint density at radius 2 is 1.83 bits per heavy atom. The fourth-order valence-corrected chi connectivity index (χ4v) is 3.59. The van der Waals surface area contributed by atoms with E-state index in [4.69, 9.17) is 4.74 Å². The van der Waals surface area contributed by atoms with Crippen LogP contribution in [0, 0.1) is 5.92 Å². The standard InChI is InChI=1S/C24H24N2O3/c1-2-13-29-22-11-9-21(10-12-22)26-16-19(15-23(26)27)24(28)25-20-8-7-17-5-3-4-6-18(17)14-20/h3-12,14,19H,2,13,15-16H2,1H3,(H,25,28)/t19-/m0/s1. The van der Waals surface area contributed by atoms with Crippen molar-refractivity contribution in [3.63, 3.8) is 0 Å². The molecule has 5 heteroatoms. The van der Waals surface area contributed by atoms with Crippen LogP contribution in [0.5, 0.6) is 5.75 Å². The number of hydrogen-bond donors (Lipinski definition) is 1. The first-order chi connectivity index (χ1) is 14.1. The van der Waals surface area contributed by atoms with Gasteiger partial charge in [0.1, 0.15) is 5.75 Å². The van der Waals surface area contributed by atoms with Gasteiger partial charge >= 0.3 is 0 Å². The summed E-state index contributed by atoms with van der Waals surface area (Å²) < 4.78 is 5.59. The van der Waals surface area contributed by atoms with Crippen molar-refractivity contribution in [2.45, 2.75) is 19.8 Å². The van der Waals surface area contributed by atoms with Crippen LogP contribution in [0.3, 0.4) is 0 Å². The zero-order chi connectivity index (χ0) is 20.2. The number of benzene rings is 3. The second-order valence-electron chi connectivity index (χ2n) is 7.30. The molecule has 1 aliphatic rings. The van der Waals surface area contributed by atoms with Crippen LogP contribution in [0.4, 0.5) is 11.4 Å². The molecular weight excluding hydrogens is 364 g/mol. The lowest BCUT2D eigenvalue weighted by molar-refractivity contribution is -0.122. The number of rotatable bonds is 6. The van der Waals surface area contributed by atoms with Gasteiger partial charge in [0.05, 0.1) is 12.5 Å². The van der Waals surface area contributed by atoms with Crippen LogP contribution < -0.4 is 15.0 Å². The Hall–Kier alpha value is -3.34. The van der Waals surface area contributed by atoms with Crippen LogP contribution in [0.2, 0.25) is 0 Å². The van der Waals surface area contributed by atoms with Crippen LogP contribution in [-0.2, 0) is 9.59 Å². The van der Waals surface area contributed by atoms with Gasteiger partial charge in [-0.2, -0.15) is 0 Å². The minimum absolute atomic E-state index is 0.0362. The molecule has 0 aromatic heterocycles. The summed E-state index contributed by atoms with van der Waals surface area (Å²) in [6, 6.07) is 21.3. The van der Waals surface area contributed by atoms with Gasteiger partial charge in [-0.15, -0.1) is 0 Å². The Balaban J connectivity index is 1.42. The quantitative estimate of drug-likeness (QED) is 0.670. The first-order valence-corrected chi connectivity index (χ1v) is 9.97. The van der Waals surface area contributed by atoms with Gasteiger partial charge in [0.15, 0.2) is 0 Å². The van der Waals surface area contributed by atoms with Crippen molar-refractivity contribution in [1.82, 2.24) is 0 Å². The van der Waals surface area contributed by atoms with Crippen molar-refractivity contribution in [2.24, 2.45) is 5.92 Å². The van der Waals surface area contributed by atoms with Crippen molar-refractivity contribution in [3.8, 4) is 5.75 Å². The third-order valence-corrected chi connectivity index (χ3v) is 5.13. The van der Waals surface area contributed by atoms with Crippen LogP contribution in [0.25, 0.3) is 10.8 Å². The summed E-state index contributed by atoms with van der Waals surface area (Å²) in [5.41, 5.74) is 1.54. The lowest BCUT2D eigenvalue weighted by atomic mass is 10.1. The Morgan fingerprint density at radius 1 is 1.07 bits per heavy atom. The second kappa shape index (κ2) is 8.35. The summed E-state index contributed by atoms with van der Waals surface area (Å²) in [5, 5.41) is 5.16. The number of amides is 2. The highest BCUT2D eigenvalue weighted by Gasteiger charge is 2.35. The van der Waals surface area contributed by atoms with E-state index in [1.165, 1.54) is 0 Å². The number of ether oxygens (including phenoxy) is 1. The Morgan fingerprint density at radius 3 is 2.59 bits per heavy atom. The SMILES string of the molecule is CCCOc1ccc(N2C[C@@H](C(=O)Nc3ccc4ccccc4c3)CC2=O)cc1. The predicted octanol–water partition coefficient (Wildman–Crippen LogP) is 4.62. The number of anilines is 2. The lowest BCUT2D eigenvalue weighted by Gasteiger charge is -2.17. The normalized spacial score (nSPS) is 16.2. The minimum Gasteiger partial charge on any atom is -0.494 e. The van der Waals surface area contributed by atoms with Gasteiger partial charge in [0.25, 0.3) is 0 Å². The Bertz CT molecular complexity index is 1030.